The third-order valence-corrected chi connectivity index (χ3v) is 4.37. The first-order chi connectivity index (χ1) is 7.44. The van der Waals surface area contributed by atoms with Gasteiger partial charge in [0.05, 0.1) is 17.5 Å². The van der Waals surface area contributed by atoms with Crippen LogP contribution in [0.1, 0.15) is 19.3 Å². The number of nitrogens with two attached hydrogens (primary N) is 1. The minimum absolute atomic E-state index is 0.0631. The maximum absolute atomic E-state index is 11.5. The van der Waals surface area contributed by atoms with Gasteiger partial charge in [-0.1, -0.05) is 6.08 Å². The summed E-state index contributed by atoms with van der Waals surface area (Å²) in [5.41, 5.74) is 5.60. The summed E-state index contributed by atoms with van der Waals surface area (Å²) in [6.45, 7) is 3.51. The van der Waals surface area contributed by atoms with Crippen LogP contribution in [0.5, 0.6) is 0 Å². The smallest absolute Gasteiger partial charge is 0.237 e. The van der Waals surface area contributed by atoms with Gasteiger partial charge in [-0.25, -0.2) is 8.42 Å². The highest BCUT2D eigenvalue weighted by Gasteiger charge is 2.25. The first-order valence-corrected chi connectivity index (χ1v) is 7.14. The molecule has 16 heavy (non-hydrogen) atoms. The Kier molecular flexibility index (Phi) is 4.49. The van der Waals surface area contributed by atoms with Crippen LogP contribution in [-0.2, 0) is 14.6 Å². The van der Waals surface area contributed by atoms with Gasteiger partial charge in [-0.3, -0.25) is 4.79 Å². The summed E-state index contributed by atoms with van der Waals surface area (Å²) in [6, 6.07) is -0.650. The lowest BCUT2D eigenvalue weighted by atomic mass is 10.1. The number of hydrogen-bond acceptors (Lipinski definition) is 4. The number of sulfone groups is 1. The molecule has 1 saturated heterocycles. The Bertz CT molecular complexity index is 350. The van der Waals surface area contributed by atoms with Crippen LogP contribution in [0.25, 0.3) is 0 Å². The maximum atomic E-state index is 11.5. The molecule has 1 heterocycles. The second kappa shape index (κ2) is 5.45. The van der Waals surface area contributed by atoms with Crippen molar-refractivity contribution in [3.05, 3.63) is 12.7 Å². The molecule has 1 atom stereocenters. The fraction of sp³-hybridized carbons (Fsp3) is 0.700. The Morgan fingerprint density at radius 1 is 1.50 bits per heavy atom. The third-order valence-electron chi connectivity index (χ3n) is 2.66. The van der Waals surface area contributed by atoms with E-state index in [0.29, 0.717) is 19.3 Å². The van der Waals surface area contributed by atoms with Crippen molar-refractivity contribution in [3.8, 4) is 0 Å². The van der Waals surface area contributed by atoms with Crippen LogP contribution < -0.4 is 11.1 Å². The van der Waals surface area contributed by atoms with Gasteiger partial charge in [0.15, 0.2) is 0 Å². The van der Waals surface area contributed by atoms with Crippen LogP contribution in [-0.4, -0.2) is 37.9 Å². The lowest BCUT2D eigenvalue weighted by Gasteiger charge is -2.24. The molecule has 0 radical (unpaired) electrons. The van der Waals surface area contributed by atoms with Crippen molar-refractivity contribution >= 4 is 15.7 Å². The first-order valence-electron chi connectivity index (χ1n) is 5.32. The van der Waals surface area contributed by atoms with E-state index in [1.165, 1.54) is 0 Å². The number of nitrogens with one attached hydrogen (secondary N) is 1. The molecule has 0 saturated carbocycles. The van der Waals surface area contributed by atoms with Crippen molar-refractivity contribution in [2.24, 2.45) is 5.73 Å². The van der Waals surface area contributed by atoms with Crippen LogP contribution in [0.3, 0.4) is 0 Å². The fourth-order valence-corrected chi connectivity index (χ4v) is 3.12. The zero-order valence-corrected chi connectivity index (χ0v) is 10.0. The Hall–Kier alpha value is -0.880. The highest BCUT2D eigenvalue weighted by atomic mass is 32.2. The summed E-state index contributed by atoms with van der Waals surface area (Å²) >= 11 is 0. The Labute approximate surface area is 96.0 Å². The molecule has 0 aromatic carbocycles. The average molecular weight is 246 g/mol. The van der Waals surface area contributed by atoms with E-state index in [4.69, 9.17) is 5.73 Å². The van der Waals surface area contributed by atoms with Crippen molar-refractivity contribution in [1.82, 2.24) is 5.32 Å². The normalized spacial score (nSPS) is 22.3. The van der Waals surface area contributed by atoms with Gasteiger partial charge in [0.2, 0.25) is 5.91 Å². The quantitative estimate of drug-likeness (QED) is 0.659. The van der Waals surface area contributed by atoms with Crippen LogP contribution in [0.2, 0.25) is 0 Å². The van der Waals surface area contributed by atoms with Crippen LogP contribution in [0.4, 0.5) is 0 Å². The topological polar surface area (TPSA) is 89.3 Å². The van der Waals surface area contributed by atoms with E-state index in [9.17, 15) is 13.2 Å². The third kappa shape index (κ3) is 3.94. The van der Waals surface area contributed by atoms with Gasteiger partial charge in [-0.05, 0) is 19.3 Å². The predicted octanol–water partition coefficient (Wildman–Crippen LogP) is -0.417. The molecule has 1 aliphatic rings. The molecular weight excluding hydrogens is 228 g/mol. The van der Waals surface area contributed by atoms with E-state index in [0.717, 1.165) is 0 Å². The molecule has 1 aliphatic heterocycles. The van der Waals surface area contributed by atoms with Gasteiger partial charge < -0.3 is 11.1 Å². The van der Waals surface area contributed by atoms with E-state index < -0.39 is 15.9 Å². The van der Waals surface area contributed by atoms with Gasteiger partial charge in [0.25, 0.3) is 0 Å². The molecule has 0 aromatic rings. The molecule has 0 spiro atoms. The van der Waals surface area contributed by atoms with E-state index in [2.05, 4.69) is 11.9 Å². The van der Waals surface area contributed by atoms with Crippen molar-refractivity contribution in [3.63, 3.8) is 0 Å². The van der Waals surface area contributed by atoms with Crippen molar-refractivity contribution in [1.29, 1.82) is 0 Å². The lowest BCUT2D eigenvalue weighted by molar-refractivity contribution is -0.123. The van der Waals surface area contributed by atoms with Gasteiger partial charge in [-0.15, -0.1) is 6.58 Å². The number of carbonyl (C=O) groups excluding carboxylic acids is 1. The molecule has 1 fully saturated rings. The minimum Gasteiger partial charge on any atom is -0.352 e. The molecule has 0 bridgehead atoms. The second-order valence-electron chi connectivity index (χ2n) is 4.07. The molecule has 3 N–H and O–H groups in total. The summed E-state index contributed by atoms with van der Waals surface area (Å²) in [5, 5.41) is 2.77. The van der Waals surface area contributed by atoms with Crippen LogP contribution >= 0.6 is 0 Å². The molecule has 92 valence electrons. The highest BCUT2D eigenvalue weighted by molar-refractivity contribution is 7.91. The zero-order valence-electron chi connectivity index (χ0n) is 9.19. The molecule has 1 amide bonds. The van der Waals surface area contributed by atoms with Crippen molar-refractivity contribution < 1.29 is 13.2 Å². The van der Waals surface area contributed by atoms with Crippen molar-refractivity contribution in [2.75, 3.05) is 11.5 Å². The van der Waals surface area contributed by atoms with Crippen molar-refractivity contribution in [2.45, 2.75) is 31.3 Å². The SMILES string of the molecule is C=CCC(N)C(=O)NC1CCS(=O)(=O)CC1. The standard InChI is InChI=1S/C10H18N2O3S/c1-2-3-9(11)10(13)12-8-4-6-16(14,15)7-5-8/h2,8-9H,1,3-7,11H2,(H,12,13). The summed E-state index contributed by atoms with van der Waals surface area (Å²) in [4.78, 5) is 11.5. The van der Waals surface area contributed by atoms with Gasteiger partial charge in [-0.2, -0.15) is 0 Å². The summed E-state index contributed by atoms with van der Waals surface area (Å²) in [6.07, 6.45) is 2.98. The molecule has 0 aromatic heterocycles. The molecule has 0 aliphatic carbocycles. The number of amides is 1. The average Bonchev–Trinajstić information content (AvgIpc) is 2.21. The molecular formula is C10H18N2O3S. The van der Waals surface area contributed by atoms with Gasteiger partial charge in [0.1, 0.15) is 9.84 Å². The molecule has 6 heteroatoms. The zero-order chi connectivity index (χ0) is 12.2. The Morgan fingerprint density at radius 3 is 2.56 bits per heavy atom. The van der Waals surface area contributed by atoms with Crippen LogP contribution in [0.15, 0.2) is 12.7 Å². The van der Waals surface area contributed by atoms with E-state index in [1.807, 2.05) is 0 Å². The van der Waals surface area contributed by atoms with E-state index >= 15 is 0 Å². The summed E-state index contributed by atoms with van der Waals surface area (Å²) < 4.78 is 22.3. The summed E-state index contributed by atoms with van der Waals surface area (Å²) in [7, 11) is -2.88. The second-order valence-corrected chi connectivity index (χ2v) is 6.37. The lowest BCUT2D eigenvalue weighted by Crippen LogP contribution is -2.47. The largest absolute Gasteiger partial charge is 0.352 e. The summed E-state index contributed by atoms with van der Waals surface area (Å²) in [5.74, 6) is 0.0627. The highest BCUT2D eigenvalue weighted by Crippen LogP contribution is 2.12. The first kappa shape index (κ1) is 13.2. The molecule has 5 nitrogen and oxygen atoms in total. The van der Waals surface area contributed by atoms with Gasteiger partial charge in [0, 0.05) is 6.04 Å². The van der Waals surface area contributed by atoms with E-state index in [1.54, 1.807) is 6.08 Å². The molecule has 1 unspecified atom stereocenters. The fourth-order valence-electron chi connectivity index (χ4n) is 1.63. The van der Waals surface area contributed by atoms with E-state index in [-0.39, 0.29) is 23.5 Å². The maximum Gasteiger partial charge on any atom is 0.237 e. The Balaban J connectivity index is 2.39. The van der Waals surface area contributed by atoms with Gasteiger partial charge >= 0.3 is 0 Å². The number of rotatable bonds is 4. The minimum atomic E-state index is -2.88. The monoisotopic (exact) mass is 246 g/mol. The van der Waals surface area contributed by atoms with Crippen LogP contribution in [0, 0.1) is 0 Å². The number of hydrogen-bond donors (Lipinski definition) is 2. The number of carbonyl (C=O) groups is 1. The predicted molar refractivity (Wildman–Crippen MR) is 62.6 cm³/mol. The Morgan fingerprint density at radius 2 is 2.06 bits per heavy atom. The molecule has 1 rings (SSSR count).